The highest BCUT2D eigenvalue weighted by atomic mass is 14.9. The molecular formula is C10H25N. The van der Waals surface area contributed by atoms with E-state index in [2.05, 4.69) is 39.2 Å². The van der Waals surface area contributed by atoms with Gasteiger partial charge in [-0.3, -0.25) is 0 Å². The first-order chi connectivity index (χ1) is 5.18. The fourth-order valence-corrected chi connectivity index (χ4v) is 0.333. The Bertz CT molecular complexity index is 50.8. The zero-order valence-corrected chi connectivity index (χ0v) is 9.07. The van der Waals surface area contributed by atoms with E-state index in [1.54, 1.807) is 0 Å². The molecule has 70 valence electrons. The highest BCUT2D eigenvalue weighted by Crippen LogP contribution is 1.96. The summed E-state index contributed by atoms with van der Waals surface area (Å²) in [4.78, 5) is 0. The Morgan fingerprint density at radius 3 is 1.27 bits per heavy atom. The average molecular weight is 159 g/mol. The smallest absolute Gasteiger partial charge is 0.00587 e. The van der Waals surface area contributed by atoms with E-state index >= 15 is 0 Å². The summed E-state index contributed by atoms with van der Waals surface area (Å²) in [6, 6.07) is 0.653. The van der Waals surface area contributed by atoms with Crippen LogP contribution in [0.4, 0.5) is 0 Å². The van der Waals surface area contributed by atoms with Gasteiger partial charge in [0.05, 0.1) is 0 Å². The number of hydrogen-bond acceptors (Lipinski definition) is 1. The molecule has 0 radical (unpaired) electrons. The second-order valence-electron chi connectivity index (χ2n) is 2.32. The van der Waals surface area contributed by atoms with Crippen LogP contribution in [0.15, 0.2) is 13.2 Å². The quantitative estimate of drug-likeness (QED) is 0.611. The van der Waals surface area contributed by atoms with Gasteiger partial charge >= 0.3 is 0 Å². The Kier molecular flexibility index (Phi) is 25.2. The predicted molar refractivity (Wildman–Crippen MR) is 56.0 cm³/mol. The first-order valence-electron chi connectivity index (χ1n) is 4.35. The van der Waals surface area contributed by atoms with E-state index in [0.29, 0.717) is 6.04 Å². The fourth-order valence-electron chi connectivity index (χ4n) is 0.333. The van der Waals surface area contributed by atoms with Gasteiger partial charge < -0.3 is 5.32 Å². The first-order valence-corrected chi connectivity index (χ1v) is 4.35. The van der Waals surface area contributed by atoms with Gasteiger partial charge in [0, 0.05) is 6.04 Å². The van der Waals surface area contributed by atoms with Crippen LogP contribution in [0.5, 0.6) is 0 Å². The molecule has 0 aliphatic carbocycles. The predicted octanol–water partition coefficient (Wildman–Crippen LogP) is 3.08. The third-order valence-corrected chi connectivity index (χ3v) is 1.46. The number of nitrogens with one attached hydrogen (secondary N) is 1. The topological polar surface area (TPSA) is 12.0 Å². The molecule has 1 unspecified atom stereocenters. The first kappa shape index (κ1) is 17.0. The van der Waals surface area contributed by atoms with E-state index in [9.17, 15) is 0 Å². The molecule has 0 fully saturated rings. The molecule has 0 saturated carbocycles. The Morgan fingerprint density at radius 1 is 1.00 bits per heavy atom. The van der Waals surface area contributed by atoms with Gasteiger partial charge in [0.2, 0.25) is 0 Å². The van der Waals surface area contributed by atoms with Gasteiger partial charge in [-0.2, -0.15) is 0 Å². The van der Waals surface area contributed by atoms with Gasteiger partial charge in [-0.05, 0) is 19.9 Å². The summed E-state index contributed by atoms with van der Waals surface area (Å²) in [5.74, 6) is 0.755. The lowest BCUT2D eigenvalue weighted by molar-refractivity contribution is 0.459. The molecule has 0 aromatic heterocycles. The molecule has 1 nitrogen and oxygen atoms in total. The Balaban J connectivity index is -0.000000138. The Labute approximate surface area is 72.9 Å². The maximum atomic E-state index is 3.16. The van der Waals surface area contributed by atoms with Crippen LogP contribution in [0.3, 0.4) is 0 Å². The van der Waals surface area contributed by atoms with Crippen molar-refractivity contribution >= 4 is 0 Å². The van der Waals surface area contributed by atoms with E-state index in [1.807, 2.05) is 20.9 Å². The van der Waals surface area contributed by atoms with Crippen molar-refractivity contribution < 1.29 is 0 Å². The normalized spacial score (nSPS) is 10.5. The molecule has 0 rings (SSSR count). The lowest BCUT2D eigenvalue weighted by Crippen LogP contribution is -2.26. The summed E-state index contributed by atoms with van der Waals surface area (Å²) in [6.45, 7) is 16.6. The molecule has 0 heterocycles. The zero-order chi connectivity index (χ0) is 9.86. The molecule has 0 bridgehead atoms. The van der Waals surface area contributed by atoms with Crippen molar-refractivity contribution in [2.75, 3.05) is 7.05 Å². The molecule has 11 heavy (non-hydrogen) atoms. The molecular weight excluding hydrogens is 134 g/mol. The molecule has 0 aromatic carbocycles. The summed E-state index contributed by atoms with van der Waals surface area (Å²) in [6.07, 6.45) is 0. The molecule has 1 atom stereocenters. The summed E-state index contributed by atoms with van der Waals surface area (Å²) in [5, 5.41) is 3.16. The molecule has 0 saturated heterocycles. The number of hydrogen-bond donors (Lipinski definition) is 1. The van der Waals surface area contributed by atoms with Crippen molar-refractivity contribution in [3.05, 3.63) is 13.2 Å². The van der Waals surface area contributed by atoms with Crippen molar-refractivity contribution in [1.29, 1.82) is 0 Å². The lowest BCUT2D eigenvalue weighted by Gasteiger charge is -2.12. The molecule has 0 aliphatic heterocycles. The Morgan fingerprint density at radius 2 is 1.27 bits per heavy atom. The van der Waals surface area contributed by atoms with Crippen LogP contribution in [0.2, 0.25) is 0 Å². The van der Waals surface area contributed by atoms with Crippen LogP contribution in [0, 0.1) is 5.92 Å². The second-order valence-corrected chi connectivity index (χ2v) is 2.32. The number of rotatable bonds is 2. The highest BCUT2D eigenvalue weighted by Gasteiger charge is 2.00. The molecule has 0 amide bonds. The monoisotopic (exact) mass is 159 g/mol. The van der Waals surface area contributed by atoms with Gasteiger partial charge in [-0.15, -0.1) is 13.2 Å². The van der Waals surface area contributed by atoms with Crippen LogP contribution in [-0.4, -0.2) is 13.1 Å². The van der Waals surface area contributed by atoms with E-state index in [1.165, 1.54) is 0 Å². The minimum atomic E-state index is 0.653. The van der Waals surface area contributed by atoms with Crippen molar-refractivity contribution in [3.8, 4) is 0 Å². The second kappa shape index (κ2) is 16.4. The Hall–Kier alpha value is -0.300. The van der Waals surface area contributed by atoms with Crippen LogP contribution in [-0.2, 0) is 0 Å². The van der Waals surface area contributed by atoms with E-state index in [0.717, 1.165) is 5.92 Å². The lowest BCUT2D eigenvalue weighted by atomic mass is 10.1. The SMILES string of the molecule is C=C.CC.CNC(C)C(C)C. The standard InChI is InChI=1S/C6H15N.C2H6.C2H4/c1-5(2)6(3)7-4;2*1-2/h5-7H,1-4H3;1-2H3;1-2H2. The minimum absolute atomic E-state index is 0.653. The van der Waals surface area contributed by atoms with Gasteiger partial charge in [0.25, 0.3) is 0 Å². The van der Waals surface area contributed by atoms with Crippen LogP contribution in [0.1, 0.15) is 34.6 Å². The minimum Gasteiger partial charge on any atom is -0.317 e. The molecule has 1 heteroatoms. The maximum Gasteiger partial charge on any atom is 0.00587 e. The van der Waals surface area contributed by atoms with Gasteiger partial charge in [-0.25, -0.2) is 0 Å². The van der Waals surface area contributed by atoms with E-state index in [4.69, 9.17) is 0 Å². The van der Waals surface area contributed by atoms with Crippen molar-refractivity contribution in [3.63, 3.8) is 0 Å². The highest BCUT2D eigenvalue weighted by molar-refractivity contribution is 4.59. The fraction of sp³-hybridized carbons (Fsp3) is 0.800. The molecule has 0 spiro atoms. The third-order valence-electron chi connectivity index (χ3n) is 1.46. The molecule has 1 N–H and O–H groups in total. The van der Waals surface area contributed by atoms with Crippen molar-refractivity contribution in [2.24, 2.45) is 5.92 Å². The maximum absolute atomic E-state index is 3.16. The van der Waals surface area contributed by atoms with Gasteiger partial charge in [-0.1, -0.05) is 27.7 Å². The summed E-state index contributed by atoms with van der Waals surface area (Å²) in [5.41, 5.74) is 0. The van der Waals surface area contributed by atoms with Crippen molar-refractivity contribution in [2.45, 2.75) is 40.7 Å². The zero-order valence-electron chi connectivity index (χ0n) is 9.07. The summed E-state index contributed by atoms with van der Waals surface area (Å²) in [7, 11) is 1.99. The summed E-state index contributed by atoms with van der Waals surface area (Å²) < 4.78 is 0. The third kappa shape index (κ3) is 17.7. The summed E-state index contributed by atoms with van der Waals surface area (Å²) >= 11 is 0. The van der Waals surface area contributed by atoms with Crippen LogP contribution >= 0.6 is 0 Å². The van der Waals surface area contributed by atoms with Gasteiger partial charge in [0.1, 0.15) is 0 Å². The van der Waals surface area contributed by atoms with E-state index in [-0.39, 0.29) is 0 Å². The van der Waals surface area contributed by atoms with Crippen LogP contribution < -0.4 is 5.32 Å². The van der Waals surface area contributed by atoms with E-state index < -0.39 is 0 Å². The molecule has 0 aliphatic rings. The largest absolute Gasteiger partial charge is 0.317 e. The molecule has 0 aromatic rings. The van der Waals surface area contributed by atoms with Gasteiger partial charge in [0.15, 0.2) is 0 Å². The van der Waals surface area contributed by atoms with Crippen molar-refractivity contribution in [1.82, 2.24) is 5.32 Å². The average Bonchev–Trinajstić information content (AvgIpc) is 2.10. The van der Waals surface area contributed by atoms with Crippen LogP contribution in [0.25, 0.3) is 0 Å².